The molecule has 0 atom stereocenters. The molecular formula is C23H28N4OS. The van der Waals surface area contributed by atoms with Gasteiger partial charge in [0, 0.05) is 19.2 Å². The predicted molar refractivity (Wildman–Crippen MR) is 119 cm³/mol. The number of rotatable bonds is 6. The van der Waals surface area contributed by atoms with Crippen LogP contribution in [0.5, 0.6) is 0 Å². The monoisotopic (exact) mass is 408 g/mol. The summed E-state index contributed by atoms with van der Waals surface area (Å²) in [5, 5.41) is 12.3. The van der Waals surface area contributed by atoms with E-state index in [9.17, 15) is 4.79 Å². The smallest absolute Gasteiger partial charge is 0.230 e. The van der Waals surface area contributed by atoms with Crippen molar-refractivity contribution in [1.29, 1.82) is 0 Å². The van der Waals surface area contributed by atoms with E-state index in [4.69, 9.17) is 0 Å². The van der Waals surface area contributed by atoms with E-state index in [-0.39, 0.29) is 11.3 Å². The number of benzene rings is 2. The minimum atomic E-state index is -0.0164. The molecule has 1 N–H and O–H groups in total. The molecule has 29 heavy (non-hydrogen) atoms. The van der Waals surface area contributed by atoms with Crippen LogP contribution in [-0.2, 0) is 23.8 Å². The number of nitrogens with one attached hydrogen (secondary N) is 1. The summed E-state index contributed by atoms with van der Waals surface area (Å²) in [6.07, 6.45) is 0. The fourth-order valence-electron chi connectivity index (χ4n) is 2.99. The minimum absolute atomic E-state index is 0.0164. The number of nitrogens with zero attached hydrogens (tertiary/aromatic N) is 3. The molecule has 0 unspecified atom stereocenters. The summed E-state index contributed by atoms with van der Waals surface area (Å²) in [5.74, 6) is 1.09. The molecule has 0 fully saturated rings. The van der Waals surface area contributed by atoms with E-state index in [2.05, 4.69) is 60.6 Å². The van der Waals surface area contributed by atoms with Crippen LogP contribution in [0.15, 0.2) is 53.7 Å². The van der Waals surface area contributed by atoms with Crippen LogP contribution in [0.2, 0.25) is 0 Å². The van der Waals surface area contributed by atoms with Crippen molar-refractivity contribution in [3.05, 3.63) is 65.2 Å². The zero-order valence-corrected chi connectivity index (χ0v) is 18.5. The molecule has 3 rings (SSSR count). The molecule has 0 radical (unpaired) electrons. The molecule has 1 heterocycles. The topological polar surface area (TPSA) is 59.8 Å². The molecule has 0 saturated carbocycles. The zero-order chi connectivity index (χ0) is 21.0. The summed E-state index contributed by atoms with van der Waals surface area (Å²) in [7, 11) is 1.93. The van der Waals surface area contributed by atoms with Crippen LogP contribution < -0.4 is 5.32 Å². The van der Waals surface area contributed by atoms with Gasteiger partial charge in [0.05, 0.1) is 5.75 Å². The highest BCUT2D eigenvalue weighted by Gasteiger charge is 2.16. The van der Waals surface area contributed by atoms with Gasteiger partial charge in [-0.3, -0.25) is 4.79 Å². The van der Waals surface area contributed by atoms with E-state index < -0.39 is 0 Å². The lowest BCUT2D eigenvalue weighted by Crippen LogP contribution is -2.25. The third kappa shape index (κ3) is 5.26. The Bertz CT molecular complexity index is 987. The Morgan fingerprint density at radius 2 is 1.76 bits per heavy atom. The van der Waals surface area contributed by atoms with Crippen molar-refractivity contribution in [3.8, 4) is 11.4 Å². The average molecular weight is 409 g/mol. The highest BCUT2D eigenvalue weighted by Crippen LogP contribution is 2.27. The first-order chi connectivity index (χ1) is 13.8. The summed E-state index contributed by atoms with van der Waals surface area (Å²) in [6, 6.07) is 16.5. The number of carbonyl (C=O) groups is 1. The van der Waals surface area contributed by atoms with Gasteiger partial charge < -0.3 is 9.88 Å². The predicted octanol–water partition coefficient (Wildman–Crippen LogP) is 4.50. The molecule has 6 heteroatoms. The third-order valence-electron chi connectivity index (χ3n) is 4.91. The number of hydrogen-bond acceptors (Lipinski definition) is 4. The van der Waals surface area contributed by atoms with Gasteiger partial charge in [-0.25, -0.2) is 0 Å². The van der Waals surface area contributed by atoms with E-state index in [1.165, 1.54) is 22.9 Å². The highest BCUT2D eigenvalue weighted by atomic mass is 32.2. The molecule has 0 saturated heterocycles. The molecule has 1 amide bonds. The largest absolute Gasteiger partial charge is 0.351 e. The Morgan fingerprint density at radius 1 is 1.07 bits per heavy atom. The van der Waals surface area contributed by atoms with Crippen molar-refractivity contribution >= 4 is 17.7 Å². The highest BCUT2D eigenvalue weighted by molar-refractivity contribution is 7.99. The maximum Gasteiger partial charge on any atom is 0.230 e. The van der Waals surface area contributed by atoms with Gasteiger partial charge in [0.1, 0.15) is 0 Å². The van der Waals surface area contributed by atoms with E-state index in [0.29, 0.717) is 12.3 Å². The lowest BCUT2D eigenvalue weighted by molar-refractivity contribution is -0.118. The molecule has 0 aliphatic carbocycles. The van der Waals surface area contributed by atoms with Crippen molar-refractivity contribution in [3.63, 3.8) is 0 Å². The van der Waals surface area contributed by atoms with E-state index in [1.807, 2.05) is 42.8 Å². The molecule has 0 aliphatic heterocycles. The Kier molecular flexibility index (Phi) is 6.42. The van der Waals surface area contributed by atoms with Crippen LogP contribution >= 0.6 is 11.8 Å². The number of hydrogen-bond donors (Lipinski definition) is 1. The van der Waals surface area contributed by atoms with E-state index >= 15 is 0 Å². The molecule has 5 nitrogen and oxygen atoms in total. The van der Waals surface area contributed by atoms with Crippen molar-refractivity contribution in [2.75, 3.05) is 5.75 Å². The molecular weight excluding hydrogens is 380 g/mol. The summed E-state index contributed by atoms with van der Waals surface area (Å²) in [4.78, 5) is 12.2. The van der Waals surface area contributed by atoms with Crippen molar-refractivity contribution in [2.45, 2.75) is 44.8 Å². The van der Waals surface area contributed by atoms with E-state index in [0.717, 1.165) is 22.1 Å². The number of thioether (sulfide) groups is 1. The number of aryl methyl sites for hydroxylation is 1. The van der Waals surface area contributed by atoms with Gasteiger partial charge in [0.15, 0.2) is 11.0 Å². The van der Waals surface area contributed by atoms with Gasteiger partial charge in [-0.05, 0) is 29.0 Å². The van der Waals surface area contributed by atoms with Crippen LogP contribution in [0.3, 0.4) is 0 Å². The quantitative estimate of drug-likeness (QED) is 0.610. The Hall–Kier alpha value is -2.60. The standard InChI is InChI=1S/C23H28N4OS/c1-16-8-6-7-9-18(16)14-24-20(28)15-29-22-26-25-21(27(22)5)17-10-12-19(13-11-17)23(2,3)4/h6-13H,14-15H2,1-5H3,(H,24,28). The Balaban J connectivity index is 1.59. The number of aromatic nitrogens is 3. The lowest BCUT2D eigenvalue weighted by Gasteiger charge is -2.19. The molecule has 0 bridgehead atoms. The van der Waals surface area contributed by atoms with Crippen molar-refractivity contribution in [1.82, 2.24) is 20.1 Å². The van der Waals surface area contributed by atoms with Crippen LogP contribution in [0.25, 0.3) is 11.4 Å². The van der Waals surface area contributed by atoms with Crippen LogP contribution in [0.1, 0.15) is 37.5 Å². The van der Waals surface area contributed by atoms with Gasteiger partial charge in [0.2, 0.25) is 5.91 Å². The molecule has 2 aromatic carbocycles. The average Bonchev–Trinajstić information content (AvgIpc) is 3.05. The zero-order valence-electron chi connectivity index (χ0n) is 17.7. The second-order valence-corrected chi connectivity index (χ2v) is 9.13. The second kappa shape index (κ2) is 8.82. The van der Waals surface area contributed by atoms with Gasteiger partial charge in [-0.1, -0.05) is 81.1 Å². The minimum Gasteiger partial charge on any atom is -0.351 e. The van der Waals surface area contributed by atoms with Crippen LogP contribution in [-0.4, -0.2) is 26.4 Å². The summed E-state index contributed by atoms with van der Waals surface area (Å²) in [6.45, 7) is 9.18. The summed E-state index contributed by atoms with van der Waals surface area (Å²) < 4.78 is 1.94. The number of amides is 1. The van der Waals surface area contributed by atoms with E-state index in [1.54, 1.807) is 0 Å². The first kappa shape index (κ1) is 21.1. The second-order valence-electron chi connectivity index (χ2n) is 8.18. The molecule has 0 aliphatic rings. The first-order valence-electron chi connectivity index (χ1n) is 9.70. The summed E-state index contributed by atoms with van der Waals surface area (Å²) in [5.41, 5.74) is 4.72. The van der Waals surface area contributed by atoms with Crippen molar-refractivity contribution < 1.29 is 4.79 Å². The third-order valence-corrected chi connectivity index (χ3v) is 5.93. The molecule has 152 valence electrons. The SMILES string of the molecule is Cc1ccccc1CNC(=O)CSc1nnc(-c2ccc(C(C)(C)C)cc2)n1C. The van der Waals surface area contributed by atoms with Gasteiger partial charge in [0.25, 0.3) is 0 Å². The normalized spacial score (nSPS) is 11.5. The fourth-order valence-corrected chi connectivity index (χ4v) is 3.74. The maximum absolute atomic E-state index is 12.2. The summed E-state index contributed by atoms with van der Waals surface area (Å²) >= 11 is 1.39. The lowest BCUT2D eigenvalue weighted by atomic mass is 9.87. The fraction of sp³-hybridized carbons (Fsp3) is 0.348. The first-order valence-corrected chi connectivity index (χ1v) is 10.7. The van der Waals surface area contributed by atoms with Gasteiger partial charge >= 0.3 is 0 Å². The number of carbonyl (C=O) groups excluding carboxylic acids is 1. The van der Waals surface area contributed by atoms with Gasteiger partial charge in [-0.15, -0.1) is 10.2 Å². The van der Waals surface area contributed by atoms with Gasteiger partial charge in [-0.2, -0.15) is 0 Å². The molecule has 1 aromatic heterocycles. The maximum atomic E-state index is 12.2. The molecule has 0 spiro atoms. The Labute approximate surface area is 176 Å². The van der Waals surface area contributed by atoms with Crippen molar-refractivity contribution in [2.24, 2.45) is 7.05 Å². The molecule has 3 aromatic rings. The Morgan fingerprint density at radius 3 is 2.41 bits per heavy atom. The van der Waals surface area contributed by atoms with Crippen LogP contribution in [0.4, 0.5) is 0 Å². The van der Waals surface area contributed by atoms with Crippen LogP contribution in [0, 0.1) is 6.92 Å².